The van der Waals surface area contributed by atoms with E-state index in [-0.39, 0.29) is 23.9 Å². The first-order valence-electron chi connectivity index (χ1n) is 9.54. The highest BCUT2D eigenvalue weighted by atomic mass is 19.2. The van der Waals surface area contributed by atoms with Gasteiger partial charge in [0.1, 0.15) is 0 Å². The summed E-state index contributed by atoms with van der Waals surface area (Å²) in [5.41, 5.74) is 0.937. The highest BCUT2D eigenvalue weighted by Gasteiger charge is 2.55. The van der Waals surface area contributed by atoms with Crippen molar-refractivity contribution in [2.75, 3.05) is 19.6 Å². The van der Waals surface area contributed by atoms with Gasteiger partial charge in [-0.1, -0.05) is 12.1 Å². The number of hydrogen-bond donors (Lipinski definition) is 0. The number of nitrogens with zero attached hydrogens (tertiary/aromatic N) is 3. The first-order chi connectivity index (χ1) is 13.1. The van der Waals surface area contributed by atoms with Gasteiger partial charge in [-0.25, -0.2) is 8.78 Å². The van der Waals surface area contributed by atoms with Crippen LogP contribution >= 0.6 is 0 Å². The molecule has 4 nitrogen and oxygen atoms in total. The topological polar surface area (TPSA) is 36.4 Å². The molecule has 2 aromatic rings. The first-order valence-corrected chi connectivity index (χ1v) is 9.54. The lowest BCUT2D eigenvalue weighted by Gasteiger charge is -2.51. The van der Waals surface area contributed by atoms with Crippen LogP contribution in [-0.4, -0.2) is 52.4 Å². The Morgan fingerprint density at radius 3 is 2.63 bits per heavy atom. The van der Waals surface area contributed by atoms with Gasteiger partial charge in [0.05, 0.1) is 11.6 Å². The van der Waals surface area contributed by atoms with E-state index in [2.05, 4.69) is 9.88 Å². The van der Waals surface area contributed by atoms with Crippen LogP contribution in [-0.2, 0) is 0 Å². The molecule has 0 aliphatic carbocycles. The number of hydrogen-bond acceptors (Lipinski definition) is 3. The fraction of sp³-hybridized carbons (Fsp3) is 0.429. The molecule has 4 fully saturated rings. The first kappa shape index (κ1) is 16.8. The number of piperidine rings is 3. The average Bonchev–Trinajstić information content (AvgIpc) is 3.14. The Bertz CT molecular complexity index is 867. The molecule has 1 amide bonds. The number of pyridine rings is 1. The third-order valence-corrected chi connectivity index (χ3v) is 6.54. The van der Waals surface area contributed by atoms with E-state index in [4.69, 9.17) is 0 Å². The van der Waals surface area contributed by atoms with Crippen LogP contribution in [0, 0.1) is 17.6 Å². The lowest BCUT2D eigenvalue weighted by Crippen LogP contribution is -2.60. The number of halogens is 2. The van der Waals surface area contributed by atoms with Gasteiger partial charge in [0.2, 0.25) is 0 Å². The Labute approximate surface area is 156 Å². The summed E-state index contributed by atoms with van der Waals surface area (Å²) in [5.74, 6) is -1.46. The number of rotatable bonds is 2. The zero-order valence-electron chi connectivity index (χ0n) is 14.9. The van der Waals surface area contributed by atoms with Crippen LogP contribution in [0.1, 0.15) is 34.7 Å². The van der Waals surface area contributed by atoms with E-state index < -0.39 is 11.6 Å². The molecule has 4 aliphatic heterocycles. The quantitative estimate of drug-likeness (QED) is 0.816. The molecular weight excluding hydrogens is 348 g/mol. The van der Waals surface area contributed by atoms with Gasteiger partial charge < -0.3 is 4.90 Å². The molecule has 4 aliphatic rings. The molecule has 6 rings (SSSR count). The van der Waals surface area contributed by atoms with Crippen molar-refractivity contribution >= 4 is 5.91 Å². The minimum absolute atomic E-state index is 0.0490. The molecule has 4 saturated heterocycles. The standard InChI is InChI=1S/C21H21F2N3O/c22-17-5-1-4-15(18(17)23)16-12-26(21(27)14-3-2-8-24-11-14)19-13-6-9-25(10-7-13)20(16)19/h1-5,8,11,13,16,19-20H,6-7,9-10,12H2/t16-,19+,20+/m1/s1. The number of fused-ring (bicyclic) bond motifs is 2. The zero-order valence-corrected chi connectivity index (χ0v) is 14.9. The van der Waals surface area contributed by atoms with Crippen molar-refractivity contribution in [3.8, 4) is 0 Å². The van der Waals surface area contributed by atoms with Gasteiger partial charge in [-0.05, 0) is 55.6 Å². The molecule has 0 spiro atoms. The van der Waals surface area contributed by atoms with Gasteiger partial charge in [0.15, 0.2) is 11.6 Å². The number of aromatic nitrogens is 1. The molecule has 0 saturated carbocycles. The van der Waals surface area contributed by atoms with Crippen molar-refractivity contribution in [3.63, 3.8) is 0 Å². The summed E-state index contributed by atoms with van der Waals surface area (Å²) in [5, 5.41) is 0. The summed E-state index contributed by atoms with van der Waals surface area (Å²) in [6, 6.07) is 7.99. The van der Waals surface area contributed by atoms with Gasteiger partial charge in [-0.2, -0.15) is 0 Å². The number of carbonyl (C=O) groups is 1. The summed E-state index contributed by atoms with van der Waals surface area (Å²) < 4.78 is 28.5. The van der Waals surface area contributed by atoms with Crippen molar-refractivity contribution in [3.05, 3.63) is 65.5 Å². The Balaban J connectivity index is 1.56. The minimum Gasteiger partial charge on any atom is -0.333 e. The lowest BCUT2D eigenvalue weighted by molar-refractivity contribution is -0.00360. The predicted molar refractivity (Wildman–Crippen MR) is 96.2 cm³/mol. The summed E-state index contributed by atoms with van der Waals surface area (Å²) in [4.78, 5) is 21.5. The maximum atomic E-state index is 14.6. The van der Waals surface area contributed by atoms with Gasteiger partial charge in [0.25, 0.3) is 5.91 Å². The fourth-order valence-electron chi connectivity index (χ4n) is 5.39. The molecule has 3 atom stereocenters. The predicted octanol–water partition coefficient (Wildman–Crippen LogP) is 3.06. The normalized spacial score (nSPS) is 31.8. The maximum absolute atomic E-state index is 14.6. The van der Waals surface area contributed by atoms with Crippen LogP contribution < -0.4 is 0 Å². The molecule has 0 N–H and O–H groups in total. The smallest absolute Gasteiger partial charge is 0.255 e. The van der Waals surface area contributed by atoms with Crippen molar-refractivity contribution in [2.45, 2.75) is 30.8 Å². The van der Waals surface area contributed by atoms with E-state index in [0.717, 1.165) is 32.0 Å². The SMILES string of the molecule is O=C(c1cccnc1)N1C[C@H](c2cccc(F)c2F)[C@H]2[C@@H]1C1CCN2CC1. The van der Waals surface area contributed by atoms with Gasteiger partial charge in [-0.3, -0.25) is 14.7 Å². The number of carbonyl (C=O) groups excluding carboxylic acids is 1. The minimum atomic E-state index is -0.822. The molecule has 27 heavy (non-hydrogen) atoms. The second-order valence-electron chi connectivity index (χ2n) is 7.80. The Hall–Kier alpha value is -2.34. The molecule has 140 valence electrons. The number of amides is 1. The van der Waals surface area contributed by atoms with E-state index in [1.54, 1.807) is 36.7 Å². The van der Waals surface area contributed by atoms with E-state index in [1.807, 2.05) is 4.90 Å². The molecule has 0 unspecified atom stereocenters. The molecule has 6 heteroatoms. The second-order valence-corrected chi connectivity index (χ2v) is 7.80. The third-order valence-electron chi connectivity index (χ3n) is 6.54. The van der Waals surface area contributed by atoms with Crippen molar-refractivity contribution in [1.82, 2.24) is 14.8 Å². The van der Waals surface area contributed by atoms with Crippen molar-refractivity contribution in [1.29, 1.82) is 0 Å². The van der Waals surface area contributed by atoms with Gasteiger partial charge >= 0.3 is 0 Å². The van der Waals surface area contributed by atoms with Crippen molar-refractivity contribution in [2.24, 2.45) is 5.92 Å². The Morgan fingerprint density at radius 1 is 1.07 bits per heavy atom. The highest BCUT2D eigenvalue weighted by Crippen LogP contribution is 2.47. The molecule has 1 aromatic carbocycles. The lowest BCUT2D eigenvalue weighted by atomic mass is 9.75. The largest absolute Gasteiger partial charge is 0.333 e. The van der Waals surface area contributed by atoms with Crippen LogP contribution in [0.3, 0.4) is 0 Å². The molecule has 2 bridgehead atoms. The van der Waals surface area contributed by atoms with Gasteiger partial charge in [-0.15, -0.1) is 0 Å². The summed E-state index contributed by atoms with van der Waals surface area (Å²) >= 11 is 0. The average molecular weight is 369 g/mol. The maximum Gasteiger partial charge on any atom is 0.255 e. The van der Waals surface area contributed by atoms with Crippen molar-refractivity contribution < 1.29 is 13.6 Å². The molecule has 5 heterocycles. The summed E-state index contributed by atoms with van der Waals surface area (Å²) in [6.07, 6.45) is 5.32. The van der Waals surface area contributed by atoms with Crippen LogP contribution in [0.4, 0.5) is 8.78 Å². The monoisotopic (exact) mass is 369 g/mol. The van der Waals surface area contributed by atoms with Gasteiger partial charge in [0, 0.05) is 30.9 Å². The summed E-state index contributed by atoms with van der Waals surface area (Å²) in [7, 11) is 0. The third kappa shape index (κ3) is 2.57. The molecular formula is C21H21F2N3O. The van der Waals surface area contributed by atoms with Crippen LogP contribution in [0.15, 0.2) is 42.7 Å². The number of likely N-dealkylation sites (tertiary alicyclic amines) is 1. The van der Waals surface area contributed by atoms with E-state index in [9.17, 15) is 13.6 Å². The Kier molecular flexibility index (Phi) is 3.97. The van der Waals surface area contributed by atoms with E-state index in [0.29, 0.717) is 23.6 Å². The highest BCUT2D eigenvalue weighted by molar-refractivity contribution is 5.94. The van der Waals surface area contributed by atoms with E-state index >= 15 is 0 Å². The van der Waals surface area contributed by atoms with E-state index in [1.165, 1.54) is 0 Å². The fourth-order valence-corrected chi connectivity index (χ4v) is 5.39. The molecule has 0 radical (unpaired) electrons. The molecule has 1 aromatic heterocycles. The number of benzene rings is 1. The van der Waals surface area contributed by atoms with Crippen LogP contribution in [0.5, 0.6) is 0 Å². The second kappa shape index (κ2) is 6.37. The van der Waals surface area contributed by atoms with Crippen LogP contribution in [0.2, 0.25) is 0 Å². The Morgan fingerprint density at radius 2 is 1.89 bits per heavy atom. The zero-order chi connectivity index (χ0) is 18.5. The summed E-state index contributed by atoms with van der Waals surface area (Å²) in [6.45, 7) is 2.35. The van der Waals surface area contributed by atoms with Crippen LogP contribution in [0.25, 0.3) is 0 Å².